The number of hydrogen-bond acceptors (Lipinski definition) is 9. The van der Waals surface area contributed by atoms with Crippen LogP contribution in [-0.2, 0) is 16.1 Å². The van der Waals surface area contributed by atoms with E-state index in [-0.39, 0.29) is 0 Å². The largest absolute Gasteiger partial charge is 0.382 e. The summed E-state index contributed by atoms with van der Waals surface area (Å²) >= 11 is 1.49. The number of para-hydroxylation sites is 1. The van der Waals surface area contributed by atoms with Crippen LogP contribution in [0.25, 0.3) is 43.3 Å². The van der Waals surface area contributed by atoms with Crippen molar-refractivity contribution in [2.24, 2.45) is 0 Å². The first kappa shape index (κ1) is 26.5. The van der Waals surface area contributed by atoms with Crippen LogP contribution in [-0.4, -0.2) is 51.6 Å². The van der Waals surface area contributed by atoms with E-state index in [1.807, 2.05) is 36.4 Å². The zero-order chi connectivity index (χ0) is 28.0. The molecule has 0 bridgehead atoms. The summed E-state index contributed by atoms with van der Waals surface area (Å²) in [7, 11) is 1.66. The van der Waals surface area contributed by atoms with E-state index in [2.05, 4.69) is 56.9 Å². The van der Waals surface area contributed by atoms with Crippen LogP contribution in [0.1, 0.15) is 15.9 Å². The van der Waals surface area contributed by atoms with Gasteiger partial charge in [0, 0.05) is 18.2 Å². The number of nitrogens with zero attached hydrogens (tertiary/aromatic N) is 5. The van der Waals surface area contributed by atoms with Crippen molar-refractivity contribution in [2.75, 3.05) is 20.3 Å². The Bertz CT molecular complexity index is 1760. The van der Waals surface area contributed by atoms with Gasteiger partial charge in [-0.25, -0.2) is 4.79 Å². The van der Waals surface area contributed by atoms with Gasteiger partial charge in [-0.3, -0.25) is 0 Å². The van der Waals surface area contributed by atoms with E-state index in [0.29, 0.717) is 36.4 Å². The molecule has 0 amide bonds. The fourth-order valence-corrected chi connectivity index (χ4v) is 5.04. The van der Waals surface area contributed by atoms with E-state index in [0.717, 1.165) is 42.7 Å². The van der Waals surface area contributed by atoms with Crippen molar-refractivity contribution in [3.8, 4) is 32.3 Å². The van der Waals surface area contributed by atoms with Crippen molar-refractivity contribution < 1.29 is 19.1 Å². The predicted octanol–water partition coefficient (Wildman–Crippen LogP) is 5.72. The number of carbonyl (C=O) groups excluding carboxylic acids is 1. The minimum absolute atomic E-state index is 0.389. The highest BCUT2D eigenvalue weighted by atomic mass is 32.1. The fourth-order valence-electron chi connectivity index (χ4n) is 4.18. The third-order valence-electron chi connectivity index (χ3n) is 6.40. The van der Waals surface area contributed by atoms with Gasteiger partial charge in [-0.05, 0) is 46.2 Å². The molecule has 204 valence electrons. The summed E-state index contributed by atoms with van der Waals surface area (Å²) in [5.74, 6) is -0.532. The van der Waals surface area contributed by atoms with Gasteiger partial charge in [0.25, 0.3) is 0 Å². The first-order valence-corrected chi connectivity index (χ1v) is 13.7. The topological polar surface area (TPSA) is 101 Å². The van der Waals surface area contributed by atoms with Crippen molar-refractivity contribution in [3.05, 3.63) is 108 Å². The highest BCUT2D eigenvalue weighted by molar-refractivity contribution is 7.17. The zero-order valence-electron chi connectivity index (χ0n) is 22.1. The standard InChI is InChI=1S/C31H25N5O4S/c1-38-18-19-39-20-21-6-8-22(9-7-21)23-10-12-24(13-11-23)29-33-34-30(41-29)25-14-16-26(17-15-25)31(37)40-36-28-5-3-2-4-27(28)32-35-36/h2-17H,18-20H2,1H3. The molecule has 0 saturated carbocycles. The smallest absolute Gasteiger partial charge is 0.365 e. The second-order valence-corrected chi connectivity index (χ2v) is 10.1. The van der Waals surface area contributed by atoms with Gasteiger partial charge in [0.2, 0.25) is 0 Å². The molecule has 4 aromatic carbocycles. The second-order valence-electron chi connectivity index (χ2n) is 9.14. The number of ether oxygens (including phenoxy) is 2. The van der Waals surface area contributed by atoms with E-state index in [1.54, 1.807) is 31.4 Å². The first-order chi connectivity index (χ1) is 20.2. The van der Waals surface area contributed by atoms with Crippen LogP contribution in [0.5, 0.6) is 0 Å². The maximum absolute atomic E-state index is 12.7. The molecule has 0 radical (unpaired) electrons. The van der Waals surface area contributed by atoms with Crippen LogP contribution >= 0.6 is 11.3 Å². The van der Waals surface area contributed by atoms with Crippen molar-refractivity contribution in [3.63, 3.8) is 0 Å². The van der Waals surface area contributed by atoms with Crippen LogP contribution in [0.2, 0.25) is 0 Å². The number of rotatable bonds is 10. The van der Waals surface area contributed by atoms with Gasteiger partial charge >= 0.3 is 5.97 Å². The molecule has 0 aliphatic rings. The van der Waals surface area contributed by atoms with Gasteiger partial charge in [0.05, 0.1) is 25.4 Å². The molecule has 6 aromatic rings. The Kier molecular flexibility index (Phi) is 7.85. The third kappa shape index (κ3) is 6.04. The molecule has 0 spiro atoms. The predicted molar refractivity (Wildman–Crippen MR) is 156 cm³/mol. The number of aromatic nitrogens is 5. The molecule has 9 nitrogen and oxygen atoms in total. The van der Waals surface area contributed by atoms with Crippen LogP contribution in [0.15, 0.2) is 97.1 Å². The summed E-state index contributed by atoms with van der Waals surface area (Å²) < 4.78 is 10.6. The van der Waals surface area contributed by atoms with Gasteiger partial charge in [-0.2, -0.15) is 0 Å². The van der Waals surface area contributed by atoms with E-state index in [1.165, 1.54) is 11.3 Å². The van der Waals surface area contributed by atoms with Crippen molar-refractivity contribution in [2.45, 2.75) is 6.61 Å². The highest BCUT2D eigenvalue weighted by Crippen LogP contribution is 2.31. The minimum Gasteiger partial charge on any atom is -0.382 e. The maximum atomic E-state index is 12.7. The molecule has 2 heterocycles. The Hall–Kier alpha value is -4.77. The summed E-state index contributed by atoms with van der Waals surface area (Å²) in [5.41, 5.74) is 6.87. The average Bonchev–Trinajstić information content (AvgIpc) is 3.68. The van der Waals surface area contributed by atoms with Crippen molar-refractivity contribution in [1.82, 2.24) is 25.4 Å². The number of carbonyl (C=O) groups is 1. The third-order valence-corrected chi connectivity index (χ3v) is 7.42. The molecule has 0 N–H and O–H groups in total. The van der Waals surface area contributed by atoms with E-state index < -0.39 is 5.97 Å². The molecule has 0 fully saturated rings. The lowest BCUT2D eigenvalue weighted by molar-refractivity contribution is 0.0409. The SMILES string of the molecule is COCCOCc1ccc(-c2ccc(-c3nnc(-c4ccc(C(=O)On5nnc6ccccc65)cc4)s3)cc2)cc1. The molecule has 2 aromatic heterocycles. The van der Waals surface area contributed by atoms with Gasteiger partial charge in [-0.1, -0.05) is 89.0 Å². The number of methoxy groups -OCH3 is 1. The summed E-state index contributed by atoms with van der Waals surface area (Å²) in [6, 6.07) is 30.9. The zero-order valence-corrected chi connectivity index (χ0v) is 23.0. The average molecular weight is 564 g/mol. The lowest BCUT2D eigenvalue weighted by atomic mass is 10.0. The lowest BCUT2D eigenvalue weighted by Crippen LogP contribution is -2.20. The van der Waals surface area contributed by atoms with E-state index in [4.69, 9.17) is 14.3 Å². The van der Waals surface area contributed by atoms with E-state index in [9.17, 15) is 4.79 Å². The van der Waals surface area contributed by atoms with Crippen molar-refractivity contribution >= 4 is 28.3 Å². The lowest BCUT2D eigenvalue weighted by Gasteiger charge is -2.06. The number of hydrogen-bond donors (Lipinski definition) is 0. The number of benzene rings is 4. The molecule has 6 rings (SSSR count). The van der Waals surface area contributed by atoms with Crippen LogP contribution in [0, 0.1) is 0 Å². The summed E-state index contributed by atoms with van der Waals surface area (Å²) in [4.78, 5) is 19.2. The first-order valence-electron chi connectivity index (χ1n) is 12.9. The Morgan fingerprint density at radius 2 is 1.34 bits per heavy atom. The Morgan fingerprint density at radius 3 is 2.02 bits per heavy atom. The number of fused-ring (bicyclic) bond motifs is 1. The van der Waals surface area contributed by atoms with Crippen LogP contribution in [0.3, 0.4) is 0 Å². The van der Waals surface area contributed by atoms with E-state index >= 15 is 0 Å². The summed E-state index contributed by atoms with van der Waals surface area (Å²) in [6.07, 6.45) is 0. The minimum atomic E-state index is -0.532. The van der Waals surface area contributed by atoms with Crippen molar-refractivity contribution in [1.29, 1.82) is 0 Å². The quantitative estimate of drug-likeness (QED) is 0.154. The van der Waals surface area contributed by atoms with Gasteiger partial charge in [0.1, 0.15) is 21.0 Å². The molecule has 0 atom stereocenters. The van der Waals surface area contributed by atoms with Gasteiger partial charge < -0.3 is 14.3 Å². The molecule has 10 heteroatoms. The Morgan fingerprint density at radius 1 is 0.732 bits per heavy atom. The molecule has 0 unspecified atom stereocenters. The second kappa shape index (κ2) is 12.2. The molecular weight excluding hydrogens is 538 g/mol. The monoisotopic (exact) mass is 563 g/mol. The van der Waals surface area contributed by atoms with Crippen LogP contribution in [0.4, 0.5) is 0 Å². The molecule has 41 heavy (non-hydrogen) atoms. The maximum Gasteiger partial charge on any atom is 0.365 e. The molecule has 0 aliphatic heterocycles. The normalized spacial score (nSPS) is 11.1. The Balaban J connectivity index is 1.09. The van der Waals surface area contributed by atoms with Gasteiger partial charge in [-0.15, -0.1) is 15.3 Å². The Labute approximate surface area is 239 Å². The molecule has 0 aliphatic carbocycles. The summed E-state index contributed by atoms with van der Waals surface area (Å²) in [5, 5.41) is 18.2. The van der Waals surface area contributed by atoms with Crippen LogP contribution < -0.4 is 4.84 Å². The molecule has 0 saturated heterocycles. The van der Waals surface area contributed by atoms with Gasteiger partial charge in [0.15, 0.2) is 0 Å². The highest BCUT2D eigenvalue weighted by Gasteiger charge is 2.14. The fraction of sp³-hybridized carbons (Fsp3) is 0.129. The molecular formula is C31H25N5O4S. The summed E-state index contributed by atoms with van der Waals surface area (Å²) in [6.45, 7) is 1.73.